The lowest BCUT2D eigenvalue weighted by atomic mass is 10.2. The second-order valence-electron chi connectivity index (χ2n) is 3.41. The Hall–Kier alpha value is -0.450. The molecule has 0 saturated heterocycles. The Balaban J connectivity index is 2.33. The van der Waals surface area contributed by atoms with Crippen LogP contribution in [0.2, 0.25) is 0 Å². The predicted molar refractivity (Wildman–Crippen MR) is 64.1 cm³/mol. The van der Waals surface area contributed by atoms with E-state index in [1.165, 1.54) is 6.07 Å². The highest BCUT2D eigenvalue weighted by Gasteiger charge is 2.01. The van der Waals surface area contributed by atoms with Gasteiger partial charge in [-0.1, -0.05) is 15.9 Å². The topological polar surface area (TPSA) is 38.0 Å². The number of nitrogens with one attached hydrogen (secondary N) is 1. The summed E-state index contributed by atoms with van der Waals surface area (Å²) in [6.45, 7) is 2.16. The monoisotopic (exact) mass is 274 g/mol. The third kappa shape index (κ3) is 4.73. The van der Waals surface area contributed by atoms with Crippen LogP contribution < -0.4 is 11.1 Å². The average Bonchev–Trinajstić information content (AvgIpc) is 2.23. The van der Waals surface area contributed by atoms with Crippen LogP contribution in [-0.2, 0) is 6.54 Å². The van der Waals surface area contributed by atoms with Gasteiger partial charge in [0, 0.05) is 16.6 Å². The Kier molecular flexibility index (Phi) is 5.83. The zero-order valence-corrected chi connectivity index (χ0v) is 10.2. The molecule has 1 rings (SSSR count). The van der Waals surface area contributed by atoms with Gasteiger partial charge in [0.2, 0.25) is 0 Å². The van der Waals surface area contributed by atoms with Crippen molar-refractivity contribution >= 4 is 15.9 Å². The third-order valence-corrected chi connectivity index (χ3v) is 2.62. The smallest absolute Gasteiger partial charge is 0.127 e. The fraction of sp³-hybridized carbons (Fsp3) is 0.455. The molecule has 0 unspecified atom stereocenters. The average molecular weight is 275 g/mol. The lowest BCUT2D eigenvalue weighted by Gasteiger charge is -2.06. The van der Waals surface area contributed by atoms with Crippen LogP contribution in [0.5, 0.6) is 0 Å². The molecule has 0 aromatic heterocycles. The molecule has 1 aromatic rings. The Morgan fingerprint density at radius 1 is 1.33 bits per heavy atom. The van der Waals surface area contributed by atoms with Crippen molar-refractivity contribution in [3.05, 3.63) is 34.1 Å². The van der Waals surface area contributed by atoms with Crippen molar-refractivity contribution < 1.29 is 4.39 Å². The SMILES string of the molecule is NCCCCNCc1cc(Br)ccc1F. The molecule has 0 aliphatic carbocycles. The minimum atomic E-state index is -0.162. The molecule has 4 heteroatoms. The molecule has 0 bridgehead atoms. The minimum Gasteiger partial charge on any atom is -0.330 e. The van der Waals surface area contributed by atoms with E-state index < -0.39 is 0 Å². The maximum absolute atomic E-state index is 13.3. The highest BCUT2D eigenvalue weighted by Crippen LogP contribution is 2.15. The first-order valence-corrected chi connectivity index (χ1v) is 5.88. The first-order valence-electron chi connectivity index (χ1n) is 5.08. The molecule has 2 nitrogen and oxygen atoms in total. The Morgan fingerprint density at radius 2 is 2.13 bits per heavy atom. The molecule has 84 valence electrons. The van der Waals surface area contributed by atoms with Crippen molar-refractivity contribution in [2.75, 3.05) is 13.1 Å². The molecule has 0 aliphatic rings. The van der Waals surface area contributed by atoms with Crippen molar-refractivity contribution in [3.63, 3.8) is 0 Å². The summed E-state index contributed by atoms with van der Waals surface area (Å²) in [6.07, 6.45) is 2.04. The van der Waals surface area contributed by atoms with E-state index in [1.54, 1.807) is 12.1 Å². The maximum Gasteiger partial charge on any atom is 0.127 e. The van der Waals surface area contributed by atoms with Crippen LogP contribution in [-0.4, -0.2) is 13.1 Å². The van der Waals surface area contributed by atoms with Crippen molar-refractivity contribution in [2.24, 2.45) is 5.73 Å². The Bertz CT molecular complexity index is 305. The van der Waals surface area contributed by atoms with Crippen LogP contribution in [0.4, 0.5) is 4.39 Å². The van der Waals surface area contributed by atoms with Crippen molar-refractivity contribution in [3.8, 4) is 0 Å². The maximum atomic E-state index is 13.3. The van der Waals surface area contributed by atoms with Gasteiger partial charge >= 0.3 is 0 Å². The highest BCUT2D eigenvalue weighted by atomic mass is 79.9. The summed E-state index contributed by atoms with van der Waals surface area (Å²) in [5.41, 5.74) is 6.06. The van der Waals surface area contributed by atoms with Crippen molar-refractivity contribution in [2.45, 2.75) is 19.4 Å². The molecule has 3 N–H and O–H groups in total. The molecule has 0 amide bonds. The summed E-state index contributed by atoms with van der Waals surface area (Å²) >= 11 is 3.32. The molecular formula is C11H16BrFN2. The molecule has 0 heterocycles. The van der Waals surface area contributed by atoms with E-state index in [9.17, 15) is 4.39 Å². The summed E-state index contributed by atoms with van der Waals surface area (Å²) in [5, 5.41) is 3.19. The molecule has 0 spiro atoms. The zero-order valence-electron chi connectivity index (χ0n) is 8.60. The van der Waals surface area contributed by atoms with Crippen LogP contribution in [0.1, 0.15) is 18.4 Å². The summed E-state index contributed by atoms with van der Waals surface area (Å²) in [5.74, 6) is -0.162. The fourth-order valence-corrected chi connectivity index (χ4v) is 1.70. The van der Waals surface area contributed by atoms with Gasteiger partial charge in [0.25, 0.3) is 0 Å². The molecule has 1 aromatic carbocycles. The van der Waals surface area contributed by atoms with Gasteiger partial charge in [-0.3, -0.25) is 0 Å². The van der Waals surface area contributed by atoms with E-state index in [-0.39, 0.29) is 5.82 Å². The number of hydrogen-bond acceptors (Lipinski definition) is 2. The second kappa shape index (κ2) is 6.93. The number of rotatable bonds is 6. The molecule has 15 heavy (non-hydrogen) atoms. The first-order chi connectivity index (χ1) is 7.24. The molecule has 0 fully saturated rings. The van der Waals surface area contributed by atoms with Gasteiger partial charge in [-0.2, -0.15) is 0 Å². The second-order valence-corrected chi connectivity index (χ2v) is 4.32. The zero-order chi connectivity index (χ0) is 11.1. The molecule has 0 saturated carbocycles. The number of nitrogens with two attached hydrogens (primary N) is 1. The normalized spacial score (nSPS) is 10.6. The van der Waals surface area contributed by atoms with Gasteiger partial charge in [-0.25, -0.2) is 4.39 Å². The van der Waals surface area contributed by atoms with Gasteiger partial charge in [0.1, 0.15) is 5.82 Å². The summed E-state index contributed by atoms with van der Waals surface area (Å²) in [6, 6.07) is 4.97. The number of benzene rings is 1. The summed E-state index contributed by atoms with van der Waals surface area (Å²) in [4.78, 5) is 0. The van der Waals surface area contributed by atoms with E-state index in [4.69, 9.17) is 5.73 Å². The molecule has 0 atom stereocenters. The number of halogens is 2. The van der Waals surface area contributed by atoms with E-state index in [1.807, 2.05) is 0 Å². The Labute approximate surface area is 98.2 Å². The molecular weight excluding hydrogens is 259 g/mol. The number of hydrogen-bond donors (Lipinski definition) is 2. The molecule has 0 radical (unpaired) electrons. The first kappa shape index (κ1) is 12.6. The van der Waals surface area contributed by atoms with Gasteiger partial charge in [0.05, 0.1) is 0 Å². The molecule has 0 aliphatic heterocycles. The lowest BCUT2D eigenvalue weighted by Crippen LogP contribution is -2.16. The van der Waals surface area contributed by atoms with E-state index in [2.05, 4.69) is 21.2 Å². The van der Waals surface area contributed by atoms with Gasteiger partial charge in [0.15, 0.2) is 0 Å². The van der Waals surface area contributed by atoms with Gasteiger partial charge < -0.3 is 11.1 Å². The van der Waals surface area contributed by atoms with Crippen LogP contribution in [0.25, 0.3) is 0 Å². The van der Waals surface area contributed by atoms with Crippen LogP contribution in [0.15, 0.2) is 22.7 Å². The summed E-state index contributed by atoms with van der Waals surface area (Å²) in [7, 11) is 0. The van der Waals surface area contributed by atoms with E-state index >= 15 is 0 Å². The van der Waals surface area contributed by atoms with E-state index in [0.29, 0.717) is 18.7 Å². The van der Waals surface area contributed by atoms with Gasteiger partial charge in [-0.05, 0) is 44.1 Å². The lowest BCUT2D eigenvalue weighted by molar-refractivity contribution is 0.576. The quantitative estimate of drug-likeness (QED) is 0.782. The van der Waals surface area contributed by atoms with Crippen LogP contribution in [0.3, 0.4) is 0 Å². The van der Waals surface area contributed by atoms with Crippen LogP contribution >= 0.6 is 15.9 Å². The van der Waals surface area contributed by atoms with Crippen LogP contribution in [0, 0.1) is 5.82 Å². The standard InChI is InChI=1S/C11H16BrFN2/c12-10-3-4-11(13)9(7-10)8-15-6-2-1-5-14/h3-4,7,15H,1-2,5-6,8,14H2. The van der Waals surface area contributed by atoms with Gasteiger partial charge in [-0.15, -0.1) is 0 Å². The predicted octanol–water partition coefficient (Wildman–Crippen LogP) is 2.42. The largest absolute Gasteiger partial charge is 0.330 e. The third-order valence-electron chi connectivity index (χ3n) is 2.13. The number of unbranched alkanes of at least 4 members (excludes halogenated alkanes) is 1. The summed E-state index contributed by atoms with van der Waals surface area (Å²) < 4.78 is 14.2. The minimum absolute atomic E-state index is 0.162. The van der Waals surface area contributed by atoms with E-state index in [0.717, 1.165) is 23.9 Å². The Morgan fingerprint density at radius 3 is 2.87 bits per heavy atom. The van der Waals surface area contributed by atoms with Crippen molar-refractivity contribution in [1.82, 2.24) is 5.32 Å². The highest BCUT2D eigenvalue weighted by molar-refractivity contribution is 9.10. The van der Waals surface area contributed by atoms with Crippen molar-refractivity contribution in [1.29, 1.82) is 0 Å². The fourth-order valence-electron chi connectivity index (χ4n) is 1.30.